The molecule has 0 amide bonds. The summed E-state index contributed by atoms with van der Waals surface area (Å²) in [5.74, 6) is 0.894. The fourth-order valence-electron chi connectivity index (χ4n) is 2.00. The Kier molecular flexibility index (Phi) is 2.96. The lowest BCUT2D eigenvalue weighted by Crippen LogP contribution is -2.45. The van der Waals surface area contributed by atoms with Gasteiger partial charge in [-0.3, -0.25) is 5.32 Å². The highest BCUT2D eigenvalue weighted by atomic mass is 15.4. The Morgan fingerprint density at radius 1 is 1.12 bits per heavy atom. The smallest absolute Gasteiger partial charge is 0.270 e. The van der Waals surface area contributed by atoms with Crippen molar-refractivity contribution in [3.8, 4) is 0 Å². The topological polar surface area (TPSA) is 32.7 Å². The highest BCUT2D eigenvalue weighted by Gasteiger charge is 2.21. The average Bonchev–Trinajstić information content (AvgIpc) is 2.29. The van der Waals surface area contributed by atoms with Crippen LogP contribution in [0.2, 0.25) is 0 Å². The molecular weight excluding hydrogens is 212 g/mol. The highest BCUT2D eigenvalue weighted by molar-refractivity contribution is 5.70. The minimum absolute atomic E-state index is 0.872. The number of anilines is 1. The van der Waals surface area contributed by atoms with E-state index in [-0.39, 0.29) is 0 Å². The van der Waals surface area contributed by atoms with Crippen molar-refractivity contribution in [2.45, 2.75) is 20.8 Å². The zero-order valence-corrected chi connectivity index (χ0v) is 11.2. The molecular formula is C13H20N4+2. The molecule has 90 valence electrons. The van der Waals surface area contributed by atoms with Gasteiger partial charge < -0.3 is 0 Å². The first-order valence-electron chi connectivity index (χ1n) is 5.95. The number of nitrogens with zero attached hydrogens (tertiary/aromatic N) is 3. The maximum atomic E-state index is 4.53. The molecule has 1 N–H and O–H groups in total. The lowest BCUT2D eigenvalue weighted by Gasteiger charge is -2.04. The van der Waals surface area contributed by atoms with E-state index >= 15 is 0 Å². The summed E-state index contributed by atoms with van der Waals surface area (Å²) in [5.41, 5.74) is 4.95. The molecule has 1 heterocycles. The first-order valence-corrected chi connectivity index (χ1v) is 5.95. The van der Waals surface area contributed by atoms with Crippen molar-refractivity contribution in [3.63, 3.8) is 0 Å². The van der Waals surface area contributed by atoms with Gasteiger partial charge in [-0.1, -0.05) is 0 Å². The number of fused-ring (bicyclic) bond motifs is 1. The molecule has 0 saturated carbocycles. The third-order valence-corrected chi connectivity index (χ3v) is 3.20. The molecule has 17 heavy (non-hydrogen) atoms. The zero-order chi connectivity index (χ0) is 12.6. The van der Waals surface area contributed by atoms with Crippen LogP contribution in [0.1, 0.15) is 18.1 Å². The van der Waals surface area contributed by atoms with Crippen LogP contribution >= 0.6 is 0 Å². The minimum atomic E-state index is 0.872. The van der Waals surface area contributed by atoms with E-state index in [1.165, 1.54) is 16.6 Å². The number of aromatic nitrogens is 3. The van der Waals surface area contributed by atoms with Gasteiger partial charge in [0, 0.05) is 6.07 Å². The Morgan fingerprint density at radius 2 is 1.71 bits per heavy atom. The zero-order valence-electron chi connectivity index (χ0n) is 11.2. The molecule has 2 rings (SSSR count). The monoisotopic (exact) mass is 232 g/mol. The molecule has 0 atom stereocenters. The standard InChI is InChI=1S/C13H19N4/c1-6-14-13-15-17(5)12-8-10(3)9(2)7-11(12)16(13)4/h7-8H,6H2,1-5H3/q+1/p+1. The van der Waals surface area contributed by atoms with E-state index in [0.29, 0.717) is 0 Å². The predicted molar refractivity (Wildman–Crippen MR) is 67.7 cm³/mol. The van der Waals surface area contributed by atoms with E-state index in [4.69, 9.17) is 0 Å². The summed E-state index contributed by atoms with van der Waals surface area (Å²) in [5, 5.41) is 7.80. The number of benzene rings is 1. The number of aryl methyl sites for hydroxylation is 4. The molecule has 1 aromatic heterocycles. The van der Waals surface area contributed by atoms with Crippen molar-refractivity contribution in [2.24, 2.45) is 14.1 Å². The largest absolute Gasteiger partial charge is 0.458 e. The number of hydrogen-bond acceptors (Lipinski definition) is 2. The summed E-state index contributed by atoms with van der Waals surface area (Å²) in [6.45, 7) is 7.22. The Morgan fingerprint density at radius 3 is 2.29 bits per heavy atom. The lowest BCUT2D eigenvalue weighted by atomic mass is 10.1. The molecule has 0 bridgehead atoms. The molecule has 4 heteroatoms. The van der Waals surface area contributed by atoms with E-state index < -0.39 is 0 Å². The third-order valence-electron chi connectivity index (χ3n) is 3.20. The third kappa shape index (κ3) is 1.95. The lowest BCUT2D eigenvalue weighted by molar-refractivity contribution is -0.733. The van der Waals surface area contributed by atoms with Crippen LogP contribution < -0.4 is 14.6 Å². The van der Waals surface area contributed by atoms with E-state index in [1.807, 2.05) is 18.8 Å². The van der Waals surface area contributed by atoms with Crippen LogP contribution in [0, 0.1) is 13.8 Å². The van der Waals surface area contributed by atoms with Gasteiger partial charge in [-0.2, -0.15) is 0 Å². The van der Waals surface area contributed by atoms with E-state index in [2.05, 4.69) is 47.9 Å². The number of hydrogen-bond donors (Lipinski definition) is 1. The van der Waals surface area contributed by atoms with Crippen LogP contribution in [0.4, 0.5) is 5.95 Å². The molecule has 1 aromatic carbocycles. The Labute approximate surface area is 102 Å². The number of nitrogens with one attached hydrogen (secondary N) is 1. The van der Waals surface area contributed by atoms with Crippen molar-refractivity contribution in [1.29, 1.82) is 0 Å². The van der Waals surface area contributed by atoms with E-state index in [9.17, 15) is 0 Å². The summed E-state index contributed by atoms with van der Waals surface area (Å²) in [7, 11) is 4.03. The van der Waals surface area contributed by atoms with Gasteiger partial charge in [0.05, 0.1) is 13.6 Å². The molecule has 0 spiro atoms. The minimum Gasteiger partial charge on any atom is -0.270 e. The molecule has 0 aliphatic carbocycles. The van der Waals surface area contributed by atoms with Gasteiger partial charge in [0.25, 0.3) is 5.52 Å². The van der Waals surface area contributed by atoms with Crippen molar-refractivity contribution in [1.82, 2.24) is 5.10 Å². The summed E-state index contributed by atoms with van der Waals surface area (Å²) in [6.07, 6.45) is 0. The van der Waals surface area contributed by atoms with Crippen LogP contribution in [0.5, 0.6) is 0 Å². The Hall–Kier alpha value is -1.71. The van der Waals surface area contributed by atoms with Crippen molar-refractivity contribution in [3.05, 3.63) is 23.3 Å². The summed E-state index contributed by atoms with van der Waals surface area (Å²) < 4.78 is 4.03. The van der Waals surface area contributed by atoms with Gasteiger partial charge in [0.1, 0.15) is 0 Å². The molecule has 0 aliphatic heterocycles. The second-order valence-corrected chi connectivity index (χ2v) is 4.46. The number of rotatable bonds is 2. The summed E-state index contributed by atoms with van der Waals surface area (Å²) in [4.78, 5) is 0. The summed E-state index contributed by atoms with van der Waals surface area (Å²) in [6, 6.07) is 4.40. The molecule has 0 aliphatic rings. The predicted octanol–water partition coefficient (Wildman–Crippen LogP) is 0.932. The molecule has 4 nitrogen and oxygen atoms in total. The van der Waals surface area contributed by atoms with Gasteiger partial charge in [-0.25, -0.2) is 4.57 Å². The van der Waals surface area contributed by atoms with Crippen LogP contribution in [0.3, 0.4) is 0 Å². The molecule has 2 aromatic rings. The maximum absolute atomic E-state index is 4.53. The quantitative estimate of drug-likeness (QED) is 0.781. The van der Waals surface area contributed by atoms with Gasteiger partial charge in [0.15, 0.2) is 17.7 Å². The molecule has 0 saturated heterocycles. The Balaban J connectivity index is 2.79. The van der Waals surface area contributed by atoms with Crippen LogP contribution in [0.15, 0.2) is 12.1 Å². The fraction of sp³-hybridized carbons (Fsp3) is 0.462. The fourth-order valence-corrected chi connectivity index (χ4v) is 2.00. The van der Waals surface area contributed by atoms with E-state index in [1.54, 1.807) is 0 Å². The highest BCUT2D eigenvalue weighted by Crippen LogP contribution is 2.13. The van der Waals surface area contributed by atoms with Crippen LogP contribution in [0.25, 0.3) is 11.0 Å². The second-order valence-electron chi connectivity index (χ2n) is 4.46. The van der Waals surface area contributed by atoms with Crippen LogP contribution in [-0.2, 0) is 14.1 Å². The van der Waals surface area contributed by atoms with Gasteiger partial charge in [-0.15, -0.1) is 0 Å². The second kappa shape index (κ2) is 4.28. The molecule has 0 unspecified atom stereocenters. The normalized spacial score (nSPS) is 10.9. The van der Waals surface area contributed by atoms with Gasteiger partial charge in [-0.05, 0) is 42.6 Å². The Bertz CT molecular complexity index is 575. The SMILES string of the molecule is CCNc1n[n+](C)c2cc(C)c(C)cc2[n+]1C. The van der Waals surface area contributed by atoms with Gasteiger partial charge >= 0.3 is 5.95 Å². The maximum Gasteiger partial charge on any atom is 0.458 e. The van der Waals surface area contributed by atoms with Crippen molar-refractivity contribution >= 4 is 17.0 Å². The average molecular weight is 232 g/mol. The van der Waals surface area contributed by atoms with E-state index in [0.717, 1.165) is 18.0 Å². The van der Waals surface area contributed by atoms with Crippen molar-refractivity contribution in [2.75, 3.05) is 11.9 Å². The molecule has 0 radical (unpaired) electrons. The van der Waals surface area contributed by atoms with Crippen molar-refractivity contribution < 1.29 is 9.25 Å². The first kappa shape index (κ1) is 11.8. The first-order chi connectivity index (χ1) is 8.04. The van der Waals surface area contributed by atoms with Crippen LogP contribution in [-0.4, -0.2) is 11.6 Å². The summed E-state index contributed by atoms with van der Waals surface area (Å²) >= 11 is 0. The van der Waals surface area contributed by atoms with Gasteiger partial charge in [0.2, 0.25) is 0 Å². The molecule has 0 fully saturated rings.